The van der Waals surface area contributed by atoms with E-state index in [-0.39, 0.29) is 182 Å². The van der Waals surface area contributed by atoms with Crippen molar-refractivity contribution in [1.82, 2.24) is 0 Å². The average Bonchev–Trinajstić information content (AvgIpc) is 3.61. The fourth-order valence-corrected chi connectivity index (χ4v) is 13.1. The van der Waals surface area contributed by atoms with Gasteiger partial charge in [-0.1, -0.05) is 55.9 Å². The fraction of sp³-hybridized carbons (Fsp3) is 0.386. The number of benzene rings is 3. The molecule has 0 bridgehead atoms. The van der Waals surface area contributed by atoms with E-state index in [4.69, 9.17) is 0 Å². The molecule has 1 aliphatic carbocycles. The molecule has 0 spiro atoms. The molecule has 0 radical (unpaired) electrons. The van der Waals surface area contributed by atoms with Crippen molar-refractivity contribution < 1.29 is 234 Å². The van der Waals surface area contributed by atoms with Crippen LogP contribution >= 0.6 is 24.1 Å². The Balaban J connectivity index is 0.00000562. The number of anilines is 1. The first kappa shape index (κ1) is 74.2. The molecule has 31 heteroatoms. The maximum Gasteiger partial charge on any atom is 1.00 e. The molecule has 1 N–H and O–H groups in total. The molecule has 0 saturated carbocycles. The molecule has 1 unspecified atom stereocenters. The van der Waals surface area contributed by atoms with E-state index in [1.807, 2.05) is 68.4 Å². The van der Waals surface area contributed by atoms with Crippen molar-refractivity contribution in [3.05, 3.63) is 100 Å². The maximum atomic E-state index is 12.8. The van der Waals surface area contributed by atoms with Crippen LogP contribution < -0.4 is 174 Å². The van der Waals surface area contributed by atoms with Crippen LogP contribution in [0, 0.1) is 5.41 Å². The van der Waals surface area contributed by atoms with Gasteiger partial charge >= 0.3 is 148 Å². The number of hydrogen-bond acceptors (Lipinski definition) is 20. The molecule has 0 amide bonds. The zero-order chi connectivity index (χ0) is 51.6. The smallest absolute Gasteiger partial charge is 0.748 e. The van der Waals surface area contributed by atoms with Crippen LogP contribution in [0.3, 0.4) is 0 Å². The van der Waals surface area contributed by atoms with Crippen LogP contribution in [0.15, 0.2) is 104 Å². The molecule has 2 heterocycles. The van der Waals surface area contributed by atoms with Gasteiger partial charge in [-0.25, -0.2) is 29.8 Å². The van der Waals surface area contributed by atoms with E-state index in [2.05, 4.69) is 18.7 Å². The zero-order valence-corrected chi connectivity index (χ0v) is 58.1. The summed E-state index contributed by atoms with van der Waals surface area (Å²) >= 11 is 0.871. The number of hydrogen-bond donors (Lipinski definition) is 1. The van der Waals surface area contributed by atoms with E-state index in [1.165, 1.54) is 6.07 Å². The molecule has 0 aromatic heterocycles. The van der Waals surface area contributed by atoms with Crippen LogP contribution in [0.4, 0.5) is 5.69 Å². The maximum absolute atomic E-state index is 12.8. The van der Waals surface area contributed by atoms with Crippen molar-refractivity contribution in [2.24, 2.45) is 5.41 Å². The second-order valence-corrected chi connectivity index (χ2v) is 25.0. The Labute approximate surface area is 556 Å². The Hall–Kier alpha value is 1.19. The average molecular weight is 1200 g/mol. The summed E-state index contributed by atoms with van der Waals surface area (Å²) in [6.07, 6.45) is 13.9. The quantitative estimate of drug-likeness (QED) is 0.0143. The van der Waals surface area contributed by atoms with Gasteiger partial charge in [-0.3, -0.25) is 14.6 Å². The number of nitrogens with zero attached hydrogens (tertiary/aromatic N) is 2. The molecule has 75 heavy (non-hydrogen) atoms. The van der Waals surface area contributed by atoms with Crippen molar-refractivity contribution in [1.29, 1.82) is 0 Å². The topological polar surface area (TPSA) is 315 Å². The summed E-state index contributed by atoms with van der Waals surface area (Å²) in [6, 6.07) is 7.89. The Morgan fingerprint density at radius 2 is 1.45 bits per heavy atom. The largest absolute Gasteiger partial charge is 1.00 e. The summed E-state index contributed by atoms with van der Waals surface area (Å²) in [5.41, 5.74) is 2.41. The fourth-order valence-electron chi connectivity index (χ4n) is 9.53. The minimum absolute atomic E-state index is 0. The van der Waals surface area contributed by atoms with Crippen LogP contribution in [-0.2, 0) is 64.6 Å². The Kier molecular flexibility index (Phi) is 30.3. The van der Waals surface area contributed by atoms with Gasteiger partial charge in [0.25, 0.3) is 10.1 Å². The molecule has 6 rings (SSSR count). The summed E-state index contributed by atoms with van der Waals surface area (Å²) in [7, 11) is -18.7. The van der Waals surface area contributed by atoms with E-state index in [0.29, 0.717) is 82.7 Å². The third kappa shape index (κ3) is 18.6. The molecule has 3 aromatic rings. The van der Waals surface area contributed by atoms with Crippen LogP contribution in [0.2, 0.25) is 0 Å². The number of allylic oxidation sites excluding steroid dienone is 8. The van der Waals surface area contributed by atoms with E-state index < -0.39 is 78.6 Å². The summed E-state index contributed by atoms with van der Waals surface area (Å²) in [5, 5.41) is 29.9. The standard InChI is InChI=1S/C44H52N2O18S6.5Na/c1-28(12-10-14-37-43(2,3)41-33(45(37)20-6-8-22-67(49,50)51)19-17-30-25-32(69(55,56)57)27-35(39(30)41)66-64-62-48)13-11-15-38-44(4,5)42-34(46(38)21-7-9-23-68(52,53)54)18-16-29-24-31(65-63-61-47)26-36(40(29)42)70(58,59)60;;;;;/h10-17,19,24-27,34H,6-9,18,20-23H2,1-5H3,(H5-,47,48,49,50,51,52,53,54,55,56,57,58,59,60);;;;;/q;5*+1/p-4. The first-order valence-electron chi connectivity index (χ1n) is 21.3. The van der Waals surface area contributed by atoms with Crippen LogP contribution in [-0.4, -0.2) is 92.8 Å². The molecular weight excluding hydrogens is 1150 g/mol. The zero-order valence-electron chi connectivity index (χ0n) is 43.2. The van der Waals surface area contributed by atoms with Gasteiger partial charge in [0.15, 0.2) is 11.8 Å². The summed E-state index contributed by atoms with van der Waals surface area (Å²) in [4.78, 5) is 1.12. The Morgan fingerprint density at radius 1 is 0.813 bits per heavy atom. The minimum atomic E-state index is -5.08. The first-order chi connectivity index (χ1) is 32.6. The van der Waals surface area contributed by atoms with Crippen molar-refractivity contribution >= 4 is 98.4 Å². The van der Waals surface area contributed by atoms with E-state index in [0.717, 1.165) is 29.1 Å². The molecule has 20 nitrogen and oxygen atoms in total. The van der Waals surface area contributed by atoms with E-state index in [1.54, 1.807) is 36.4 Å². The third-order valence-electron chi connectivity index (χ3n) is 12.3. The number of fused-ring (bicyclic) bond motifs is 5. The molecule has 2 aliphatic heterocycles. The third-order valence-corrected chi connectivity index (χ3v) is 16.8. The second kappa shape index (κ2) is 30.7. The Morgan fingerprint density at radius 3 is 2.05 bits per heavy atom. The molecule has 0 fully saturated rings. The Bertz CT molecular complexity index is 3330. The van der Waals surface area contributed by atoms with Gasteiger partial charge in [0.05, 0.1) is 55.2 Å². The molecular formula is C44H48N2Na5O18S6+. The van der Waals surface area contributed by atoms with Gasteiger partial charge in [-0.15, -0.1) is 0 Å². The van der Waals surface area contributed by atoms with Gasteiger partial charge in [0.2, 0.25) is 0 Å². The normalized spacial score (nSPS) is 17.7. The molecule has 3 aromatic carbocycles. The number of rotatable bonds is 22. The van der Waals surface area contributed by atoms with Gasteiger partial charge < -0.3 is 29.1 Å². The van der Waals surface area contributed by atoms with E-state index >= 15 is 0 Å². The van der Waals surface area contributed by atoms with Crippen molar-refractivity contribution in [2.45, 2.75) is 97.8 Å². The molecule has 382 valence electrons. The van der Waals surface area contributed by atoms with Crippen LogP contribution in [0.1, 0.15) is 72.3 Å². The van der Waals surface area contributed by atoms with Crippen molar-refractivity contribution in [3.8, 4) is 0 Å². The summed E-state index contributed by atoms with van der Waals surface area (Å²) in [5.74, 6) is -1.03. The predicted octanol–water partition coefficient (Wildman–Crippen LogP) is -11.9. The SMILES string of the molecule is CC(C=C/C=C1/N(CCCCS(=O)(=O)[O-])c2ccc3cc(S(=O)(=O)[O-])cc(SOO[O-])c3c2C1(C)C)=CC=CC1=[N+](CCCCS(=O)(=O)O)C2CC=c3cc(SOO[O-])cc(S(=O)(=O)[O-])c3=C2C1(C)C.[Na+].[Na+].[Na+].[Na+].[Na+]. The van der Waals surface area contributed by atoms with Crippen LogP contribution in [0.25, 0.3) is 22.4 Å². The summed E-state index contributed by atoms with van der Waals surface area (Å²) < 4.78 is 153. The molecule has 1 atom stereocenters. The number of unbranched alkanes of at least 4 members (excludes halogenated alkanes) is 2. The van der Waals surface area contributed by atoms with Crippen LogP contribution in [0.5, 0.6) is 0 Å². The first-order valence-corrected chi connectivity index (χ1v) is 28.8. The van der Waals surface area contributed by atoms with Gasteiger partial charge in [0, 0.05) is 74.0 Å². The van der Waals surface area contributed by atoms with Gasteiger partial charge in [-0.2, -0.15) is 17.1 Å². The van der Waals surface area contributed by atoms with Gasteiger partial charge in [0.1, 0.15) is 26.8 Å². The van der Waals surface area contributed by atoms with E-state index in [9.17, 15) is 62.4 Å². The second-order valence-electron chi connectivity index (χ2n) is 17.7. The van der Waals surface area contributed by atoms with Crippen molar-refractivity contribution in [3.63, 3.8) is 0 Å². The molecule has 3 aliphatic rings. The molecule has 0 saturated heterocycles. The van der Waals surface area contributed by atoms with Gasteiger partial charge in [-0.05, 0) is 92.6 Å². The van der Waals surface area contributed by atoms with Crippen molar-refractivity contribution in [2.75, 3.05) is 29.5 Å². The summed E-state index contributed by atoms with van der Waals surface area (Å²) in [6.45, 7) is 9.99. The predicted molar refractivity (Wildman–Crippen MR) is 252 cm³/mol. The minimum Gasteiger partial charge on any atom is -0.748 e. The monoisotopic (exact) mass is 1200 g/mol.